The van der Waals surface area contributed by atoms with Gasteiger partial charge in [0.1, 0.15) is 5.82 Å². The Bertz CT molecular complexity index is 610. The van der Waals surface area contributed by atoms with E-state index in [4.69, 9.17) is 10.0 Å². The highest BCUT2D eigenvalue weighted by molar-refractivity contribution is 6.40. The zero-order chi connectivity index (χ0) is 17.9. The van der Waals surface area contributed by atoms with Gasteiger partial charge >= 0.3 is 13.1 Å². The quantitative estimate of drug-likeness (QED) is 0.542. The molecule has 7 heteroatoms. The molecule has 1 aliphatic carbocycles. The van der Waals surface area contributed by atoms with E-state index in [1.807, 2.05) is 6.92 Å². The lowest BCUT2D eigenvalue weighted by molar-refractivity contribution is -0.145. The highest BCUT2D eigenvalue weighted by Gasteiger charge is 2.49. The van der Waals surface area contributed by atoms with Crippen LogP contribution >= 0.6 is 0 Å². The summed E-state index contributed by atoms with van der Waals surface area (Å²) in [6.07, 6.45) is 1.78. The molecule has 0 aliphatic heterocycles. The van der Waals surface area contributed by atoms with Gasteiger partial charge in [0.25, 0.3) is 0 Å². The molecular formula is C17H25BFNO4. The summed E-state index contributed by atoms with van der Waals surface area (Å²) in [6.45, 7) is 4.69. The molecule has 0 radical (unpaired) electrons. The van der Waals surface area contributed by atoms with Crippen LogP contribution in [0.15, 0.2) is 12.1 Å². The van der Waals surface area contributed by atoms with Crippen molar-refractivity contribution in [1.29, 1.82) is 0 Å². The lowest BCUT2D eigenvalue weighted by Gasteiger charge is -2.28. The van der Waals surface area contributed by atoms with Gasteiger partial charge in [-0.2, -0.15) is 0 Å². The molecule has 2 rings (SSSR count). The van der Waals surface area contributed by atoms with Crippen LogP contribution in [-0.4, -0.2) is 34.8 Å². The fourth-order valence-electron chi connectivity index (χ4n) is 3.62. The Hall–Kier alpha value is -1.44. The van der Waals surface area contributed by atoms with Gasteiger partial charge in [0.2, 0.25) is 0 Å². The molecule has 1 aromatic carbocycles. The molecule has 132 valence electrons. The van der Waals surface area contributed by atoms with E-state index in [9.17, 15) is 14.3 Å². The Morgan fingerprint density at radius 2 is 2.17 bits per heavy atom. The molecule has 0 unspecified atom stereocenters. The molecule has 1 aromatic rings. The number of carboxylic acids is 1. The molecule has 0 aromatic heterocycles. The van der Waals surface area contributed by atoms with Crippen LogP contribution in [0.5, 0.6) is 0 Å². The monoisotopic (exact) mass is 337 g/mol. The van der Waals surface area contributed by atoms with Crippen LogP contribution in [0.2, 0.25) is 6.32 Å². The summed E-state index contributed by atoms with van der Waals surface area (Å²) in [5.74, 6) is -1.41. The molecule has 0 saturated carbocycles. The van der Waals surface area contributed by atoms with E-state index in [0.29, 0.717) is 43.5 Å². The fourth-order valence-corrected chi connectivity index (χ4v) is 3.62. The van der Waals surface area contributed by atoms with Gasteiger partial charge in [0, 0.05) is 12.1 Å². The highest BCUT2D eigenvalue weighted by Crippen LogP contribution is 2.46. The van der Waals surface area contributed by atoms with Crippen LogP contribution < -0.4 is 5.32 Å². The topological polar surface area (TPSA) is 89.8 Å². The second-order valence-corrected chi connectivity index (χ2v) is 6.70. The van der Waals surface area contributed by atoms with Crippen molar-refractivity contribution in [1.82, 2.24) is 5.32 Å². The number of carbonyl (C=O) groups is 1. The Morgan fingerprint density at radius 1 is 1.46 bits per heavy atom. The minimum absolute atomic E-state index is 0.183. The molecule has 5 nitrogen and oxygen atoms in total. The molecule has 0 fully saturated rings. The average molecular weight is 337 g/mol. The van der Waals surface area contributed by atoms with Crippen LogP contribution in [0.1, 0.15) is 43.4 Å². The summed E-state index contributed by atoms with van der Waals surface area (Å²) >= 11 is 0. The standard InChI is InChI=1S/C17H25BFNO4/c1-3-20-10-12-8-14-11(9-15(12)19)7-13(5-4-6-18(23)24)17(14,2)16(21)22/h8-9,13,20,23-24H,3-7,10H2,1-2H3,(H,21,22)/t13-,17-/m0/s1. The number of aliphatic carboxylic acids is 1. The van der Waals surface area contributed by atoms with Crippen molar-refractivity contribution >= 4 is 13.1 Å². The van der Waals surface area contributed by atoms with Gasteiger partial charge in [0.15, 0.2) is 0 Å². The van der Waals surface area contributed by atoms with Crippen LogP contribution in [-0.2, 0) is 23.2 Å². The number of hydrogen-bond donors (Lipinski definition) is 4. The molecule has 1 aliphatic rings. The maximum absolute atomic E-state index is 14.3. The first-order chi connectivity index (χ1) is 11.3. The first-order valence-corrected chi connectivity index (χ1v) is 8.42. The van der Waals surface area contributed by atoms with Gasteiger partial charge in [-0.05, 0) is 55.7 Å². The first kappa shape index (κ1) is 18.9. The Labute approximate surface area is 142 Å². The van der Waals surface area contributed by atoms with Crippen molar-refractivity contribution in [3.05, 3.63) is 34.6 Å². The van der Waals surface area contributed by atoms with Gasteiger partial charge in [-0.15, -0.1) is 0 Å². The van der Waals surface area contributed by atoms with E-state index >= 15 is 0 Å². The van der Waals surface area contributed by atoms with Gasteiger partial charge in [-0.3, -0.25) is 4.79 Å². The minimum atomic E-state index is -1.38. The number of benzene rings is 1. The number of halogens is 1. The largest absolute Gasteiger partial charge is 0.481 e. The van der Waals surface area contributed by atoms with Crippen LogP contribution in [0, 0.1) is 11.7 Å². The smallest absolute Gasteiger partial charge is 0.451 e. The Morgan fingerprint density at radius 3 is 2.75 bits per heavy atom. The van der Waals surface area contributed by atoms with Crippen LogP contribution in [0.4, 0.5) is 4.39 Å². The second kappa shape index (κ2) is 7.63. The molecule has 0 amide bonds. The molecular weight excluding hydrogens is 312 g/mol. The number of hydrogen-bond acceptors (Lipinski definition) is 4. The zero-order valence-corrected chi connectivity index (χ0v) is 14.2. The molecule has 0 spiro atoms. The lowest BCUT2D eigenvalue weighted by Crippen LogP contribution is -2.37. The summed E-state index contributed by atoms with van der Waals surface area (Å²) in [5, 5.41) is 30.8. The zero-order valence-electron chi connectivity index (χ0n) is 14.2. The third-order valence-electron chi connectivity index (χ3n) is 5.14. The predicted octanol–water partition coefficient (Wildman–Crippen LogP) is 1.70. The lowest BCUT2D eigenvalue weighted by atomic mass is 9.72. The predicted molar refractivity (Wildman–Crippen MR) is 90.2 cm³/mol. The minimum Gasteiger partial charge on any atom is -0.481 e. The summed E-state index contributed by atoms with van der Waals surface area (Å²) in [6, 6.07) is 3.15. The van der Waals surface area contributed by atoms with E-state index in [1.165, 1.54) is 6.07 Å². The van der Waals surface area contributed by atoms with Crippen LogP contribution in [0.3, 0.4) is 0 Å². The number of carboxylic acid groups (broad SMARTS) is 1. The van der Waals surface area contributed by atoms with Gasteiger partial charge in [0.05, 0.1) is 5.41 Å². The van der Waals surface area contributed by atoms with E-state index in [-0.39, 0.29) is 18.1 Å². The van der Waals surface area contributed by atoms with Crippen molar-refractivity contribution < 1.29 is 24.3 Å². The van der Waals surface area contributed by atoms with Crippen molar-refractivity contribution in [2.45, 2.75) is 51.4 Å². The first-order valence-electron chi connectivity index (χ1n) is 8.42. The van der Waals surface area contributed by atoms with Crippen LogP contribution in [0.25, 0.3) is 0 Å². The maximum atomic E-state index is 14.3. The van der Waals surface area contributed by atoms with Crippen molar-refractivity contribution in [3.8, 4) is 0 Å². The average Bonchev–Trinajstić information content (AvgIpc) is 2.78. The van der Waals surface area contributed by atoms with Gasteiger partial charge in [-0.1, -0.05) is 19.4 Å². The molecule has 0 saturated heterocycles. The summed E-state index contributed by atoms with van der Waals surface area (Å²) < 4.78 is 14.3. The normalized spacial score (nSPS) is 22.5. The third kappa shape index (κ3) is 3.63. The highest BCUT2D eigenvalue weighted by atomic mass is 19.1. The van der Waals surface area contributed by atoms with E-state index in [1.54, 1.807) is 13.0 Å². The summed E-state index contributed by atoms with van der Waals surface area (Å²) in [7, 11) is -1.38. The van der Waals surface area contributed by atoms with Gasteiger partial charge < -0.3 is 20.5 Å². The summed E-state index contributed by atoms with van der Waals surface area (Å²) in [5.41, 5.74) is 0.824. The van der Waals surface area contributed by atoms with Crippen molar-refractivity contribution in [2.75, 3.05) is 6.54 Å². The fraction of sp³-hybridized carbons (Fsp3) is 0.588. The molecule has 0 bridgehead atoms. The molecule has 24 heavy (non-hydrogen) atoms. The third-order valence-corrected chi connectivity index (χ3v) is 5.14. The number of nitrogens with one attached hydrogen (secondary N) is 1. The molecule has 4 N–H and O–H groups in total. The second-order valence-electron chi connectivity index (χ2n) is 6.70. The van der Waals surface area contributed by atoms with E-state index in [2.05, 4.69) is 5.32 Å². The summed E-state index contributed by atoms with van der Waals surface area (Å²) in [4.78, 5) is 12.0. The Kier molecular flexibility index (Phi) is 6.01. The number of fused-ring (bicyclic) bond motifs is 1. The van der Waals surface area contributed by atoms with E-state index in [0.717, 1.165) is 5.56 Å². The number of rotatable bonds is 8. The van der Waals surface area contributed by atoms with Gasteiger partial charge in [-0.25, -0.2) is 4.39 Å². The maximum Gasteiger partial charge on any atom is 0.451 e. The SMILES string of the molecule is CCNCc1cc2c(cc1F)C[C@H](CCCB(O)O)[C@]2(C)C(=O)O. The molecule has 0 heterocycles. The van der Waals surface area contributed by atoms with Crippen molar-refractivity contribution in [3.63, 3.8) is 0 Å². The Balaban J connectivity index is 2.31. The van der Waals surface area contributed by atoms with E-state index < -0.39 is 18.5 Å². The van der Waals surface area contributed by atoms with Crippen molar-refractivity contribution in [2.24, 2.45) is 5.92 Å². The molecule has 2 atom stereocenters.